The fourth-order valence-corrected chi connectivity index (χ4v) is 4.39. The largest absolute Gasteiger partial charge is 0.497 e. The maximum atomic E-state index is 13.1. The van der Waals surface area contributed by atoms with E-state index in [1.165, 1.54) is 0 Å². The molecule has 0 saturated heterocycles. The summed E-state index contributed by atoms with van der Waals surface area (Å²) < 4.78 is 47.6. The van der Waals surface area contributed by atoms with Crippen LogP contribution < -0.4 is 9.47 Å². The van der Waals surface area contributed by atoms with E-state index in [4.69, 9.17) is 18.9 Å². The predicted octanol–water partition coefficient (Wildman–Crippen LogP) is 3.93. The Hall–Kier alpha value is -2.88. The van der Waals surface area contributed by atoms with Gasteiger partial charge in [0.15, 0.2) is 6.29 Å². The lowest BCUT2D eigenvalue weighted by molar-refractivity contribution is -0.120. The number of benzene rings is 2. The molecule has 1 aromatic heterocycles. The molecule has 8 nitrogen and oxygen atoms in total. The number of aromatic nitrogens is 2. The number of sulfone groups is 1. The quantitative estimate of drug-likeness (QED) is 0.433. The third kappa shape index (κ3) is 5.48. The smallest absolute Gasteiger partial charge is 0.226 e. The van der Waals surface area contributed by atoms with Gasteiger partial charge in [-0.2, -0.15) is 0 Å². The van der Waals surface area contributed by atoms with Crippen LogP contribution in [0.4, 0.5) is 0 Å². The minimum Gasteiger partial charge on any atom is -0.497 e. The van der Waals surface area contributed by atoms with Crippen molar-refractivity contribution < 1.29 is 27.4 Å². The van der Waals surface area contributed by atoms with Gasteiger partial charge in [-0.15, -0.1) is 0 Å². The van der Waals surface area contributed by atoms with Crippen molar-refractivity contribution in [2.24, 2.45) is 0 Å². The molecule has 2 aromatic carbocycles. The molecule has 0 saturated carbocycles. The molecule has 9 heteroatoms. The number of imidazole rings is 1. The number of aromatic amines is 1. The summed E-state index contributed by atoms with van der Waals surface area (Å²) in [5.74, 6) is 1.05. The summed E-state index contributed by atoms with van der Waals surface area (Å²) in [7, 11) is -0.637. The Bertz CT molecular complexity index is 1040. The standard InChI is InChI=1S/C23H28N2O6S/c1-5-30-20(31-6-2)15-32(26,27)23-24-21(16-7-11-18(28-3)12-8-16)22(25-23)17-9-13-19(29-4)14-10-17/h7-14,20H,5-6,15H2,1-4H3,(H,24,25). The Labute approximate surface area is 188 Å². The van der Waals surface area contributed by atoms with E-state index in [-0.39, 0.29) is 10.9 Å². The fraction of sp³-hybridized carbons (Fsp3) is 0.348. The van der Waals surface area contributed by atoms with Crippen LogP contribution in [0.15, 0.2) is 53.7 Å². The van der Waals surface area contributed by atoms with Crippen LogP contribution in [0.1, 0.15) is 13.8 Å². The number of H-pyrrole nitrogens is 1. The van der Waals surface area contributed by atoms with Crippen molar-refractivity contribution in [1.29, 1.82) is 0 Å². The second kappa shape index (κ2) is 10.6. The summed E-state index contributed by atoms with van der Waals surface area (Å²) in [4.78, 5) is 7.48. The predicted molar refractivity (Wildman–Crippen MR) is 122 cm³/mol. The molecule has 0 atom stereocenters. The maximum Gasteiger partial charge on any atom is 0.226 e. The first kappa shape index (κ1) is 23.8. The molecule has 0 amide bonds. The van der Waals surface area contributed by atoms with Gasteiger partial charge in [-0.3, -0.25) is 0 Å². The molecule has 0 fully saturated rings. The van der Waals surface area contributed by atoms with Crippen molar-refractivity contribution >= 4 is 9.84 Å². The van der Waals surface area contributed by atoms with Crippen LogP contribution in [-0.2, 0) is 19.3 Å². The highest BCUT2D eigenvalue weighted by Crippen LogP contribution is 2.33. The van der Waals surface area contributed by atoms with Crippen molar-refractivity contribution in [2.45, 2.75) is 25.3 Å². The molecule has 1 N–H and O–H groups in total. The lowest BCUT2D eigenvalue weighted by Crippen LogP contribution is -2.27. The number of methoxy groups -OCH3 is 2. The van der Waals surface area contributed by atoms with Gasteiger partial charge in [0.2, 0.25) is 15.0 Å². The van der Waals surface area contributed by atoms with Gasteiger partial charge >= 0.3 is 0 Å². The van der Waals surface area contributed by atoms with Crippen LogP contribution in [0, 0.1) is 0 Å². The average Bonchev–Trinajstić information content (AvgIpc) is 3.26. The zero-order valence-corrected chi connectivity index (χ0v) is 19.4. The first-order chi connectivity index (χ1) is 15.4. The summed E-state index contributed by atoms with van der Waals surface area (Å²) in [5.41, 5.74) is 2.62. The second-order valence-electron chi connectivity index (χ2n) is 6.84. The Kier molecular flexibility index (Phi) is 7.89. The Morgan fingerprint density at radius 3 is 1.81 bits per heavy atom. The second-order valence-corrected chi connectivity index (χ2v) is 8.79. The molecule has 3 aromatic rings. The van der Waals surface area contributed by atoms with Crippen LogP contribution in [0.5, 0.6) is 11.5 Å². The number of hydrogen-bond acceptors (Lipinski definition) is 7. The van der Waals surface area contributed by atoms with E-state index in [0.29, 0.717) is 36.1 Å². The molecule has 0 unspecified atom stereocenters. The molecule has 3 rings (SSSR count). The summed E-state index contributed by atoms with van der Waals surface area (Å²) in [6.07, 6.45) is -0.867. The van der Waals surface area contributed by atoms with E-state index in [1.54, 1.807) is 40.2 Å². The summed E-state index contributed by atoms with van der Waals surface area (Å²) >= 11 is 0. The van der Waals surface area contributed by atoms with E-state index in [2.05, 4.69) is 9.97 Å². The molecule has 0 radical (unpaired) electrons. The van der Waals surface area contributed by atoms with E-state index < -0.39 is 16.1 Å². The Balaban J connectivity index is 2.06. The van der Waals surface area contributed by atoms with Crippen molar-refractivity contribution in [3.05, 3.63) is 48.5 Å². The molecule has 0 aliphatic carbocycles. The van der Waals surface area contributed by atoms with Gasteiger partial charge < -0.3 is 23.9 Å². The van der Waals surface area contributed by atoms with Gasteiger partial charge in [0.1, 0.15) is 17.3 Å². The highest BCUT2D eigenvalue weighted by Gasteiger charge is 2.27. The van der Waals surface area contributed by atoms with Crippen molar-refractivity contribution in [2.75, 3.05) is 33.2 Å². The maximum absolute atomic E-state index is 13.1. The SMILES string of the molecule is CCOC(CS(=O)(=O)c1nc(-c2ccc(OC)cc2)c(-c2ccc(OC)cc2)[nH]1)OCC. The lowest BCUT2D eigenvalue weighted by atomic mass is 10.0. The van der Waals surface area contributed by atoms with Crippen LogP contribution in [0.25, 0.3) is 22.5 Å². The summed E-state index contributed by atoms with van der Waals surface area (Å²) in [6.45, 7) is 4.25. The number of hydrogen-bond donors (Lipinski definition) is 1. The van der Waals surface area contributed by atoms with Crippen LogP contribution in [0.2, 0.25) is 0 Å². The highest BCUT2D eigenvalue weighted by molar-refractivity contribution is 7.91. The minimum absolute atomic E-state index is 0.140. The van der Waals surface area contributed by atoms with Crippen LogP contribution >= 0.6 is 0 Å². The first-order valence-corrected chi connectivity index (χ1v) is 11.9. The molecule has 0 aliphatic heterocycles. The van der Waals surface area contributed by atoms with E-state index in [1.807, 2.05) is 36.4 Å². The summed E-state index contributed by atoms with van der Waals surface area (Å²) in [5, 5.41) is -0.140. The first-order valence-electron chi connectivity index (χ1n) is 10.3. The third-order valence-electron chi connectivity index (χ3n) is 4.78. The molecule has 0 spiro atoms. The van der Waals surface area contributed by atoms with Crippen molar-refractivity contribution in [3.63, 3.8) is 0 Å². The van der Waals surface area contributed by atoms with Gasteiger partial charge in [-0.1, -0.05) is 0 Å². The molecule has 0 aliphatic rings. The minimum atomic E-state index is -3.81. The topological polar surface area (TPSA) is 99.7 Å². The van der Waals surface area contributed by atoms with Gasteiger partial charge in [0, 0.05) is 24.3 Å². The number of rotatable bonds is 11. The van der Waals surface area contributed by atoms with Gasteiger partial charge in [-0.05, 0) is 62.4 Å². The van der Waals surface area contributed by atoms with E-state index in [9.17, 15) is 8.42 Å². The van der Waals surface area contributed by atoms with E-state index in [0.717, 1.165) is 11.1 Å². The van der Waals surface area contributed by atoms with Crippen LogP contribution in [0.3, 0.4) is 0 Å². The van der Waals surface area contributed by atoms with Gasteiger partial charge in [-0.25, -0.2) is 13.4 Å². The molecule has 1 heterocycles. The lowest BCUT2D eigenvalue weighted by Gasteiger charge is -2.15. The Morgan fingerprint density at radius 1 is 0.844 bits per heavy atom. The Morgan fingerprint density at radius 2 is 1.34 bits per heavy atom. The number of nitrogens with zero attached hydrogens (tertiary/aromatic N) is 1. The molecular formula is C23H28N2O6S. The normalized spacial score (nSPS) is 11.7. The summed E-state index contributed by atoms with van der Waals surface area (Å²) in [6, 6.07) is 14.6. The fourth-order valence-electron chi connectivity index (χ4n) is 3.20. The van der Waals surface area contributed by atoms with Gasteiger partial charge in [0.25, 0.3) is 0 Å². The van der Waals surface area contributed by atoms with Crippen molar-refractivity contribution in [1.82, 2.24) is 9.97 Å². The molecule has 32 heavy (non-hydrogen) atoms. The molecule has 172 valence electrons. The highest BCUT2D eigenvalue weighted by atomic mass is 32.2. The van der Waals surface area contributed by atoms with Crippen LogP contribution in [-0.4, -0.2) is 57.9 Å². The zero-order valence-electron chi connectivity index (χ0n) is 18.6. The number of nitrogens with one attached hydrogen (secondary N) is 1. The number of ether oxygens (including phenoxy) is 4. The monoisotopic (exact) mass is 460 g/mol. The van der Waals surface area contributed by atoms with Crippen molar-refractivity contribution in [3.8, 4) is 34.0 Å². The third-order valence-corrected chi connectivity index (χ3v) is 6.27. The zero-order chi connectivity index (χ0) is 23.1. The van der Waals surface area contributed by atoms with Gasteiger partial charge in [0.05, 0.1) is 25.6 Å². The average molecular weight is 461 g/mol. The molecule has 0 bridgehead atoms. The van der Waals surface area contributed by atoms with E-state index >= 15 is 0 Å². The molecular weight excluding hydrogens is 432 g/mol.